The lowest BCUT2D eigenvalue weighted by Crippen LogP contribution is -2.22. The second-order valence-corrected chi connectivity index (χ2v) is 3.08. The largest absolute Gasteiger partial charge is 0.271 e. The van der Waals surface area contributed by atoms with Gasteiger partial charge in [0, 0.05) is 6.54 Å². The maximum Gasteiger partial charge on any atom is 0.00974 e. The third-order valence-electron chi connectivity index (χ3n) is 1.92. The van der Waals surface area contributed by atoms with Gasteiger partial charge >= 0.3 is 0 Å². The van der Waals surface area contributed by atoms with Gasteiger partial charge in [-0.05, 0) is 6.42 Å². The van der Waals surface area contributed by atoms with E-state index in [1.165, 1.54) is 44.9 Å². The Kier molecular flexibility index (Phi) is 9.85. The number of nitrogens with two attached hydrogens (primary N) is 1. The molecule has 11 heavy (non-hydrogen) atoms. The Morgan fingerprint density at radius 1 is 0.909 bits per heavy atom. The average molecular weight is 158 g/mol. The van der Waals surface area contributed by atoms with E-state index in [2.05, 4.69) is 12.3 Å². The van der Waals surface area contributed by atoms with E-state index in [-0.39, 0.29) is 0 Å². The molecule has 0 bridgehead atoms. The van der Waals surface area contributed by atoms with Crippen LogP contribution in [0.1, 0.15) is 51.9 Å². The van der Waals surface area contributed by atoms with Crippen LogP contribution >= 0.6 is 0 Å². The highest BCUT2D eigenvalue weighted by Gasteiger charge is 1.88. The molecule has 0 aromatic heterocycles. The SMILES string of the molecule is CCCCCCCCCNN. The van der Waals surface area contributed by atoms with Crippen molar-refractivity contribution in [3.63, 3.8) is 0 Å². The fraction of sp³-hybridized carbons (Fsp3) is 1.00. The van der Waals surface area contributed by atoms with Crippen LogP contribution < -0.4 is 11.3 Å². The Morgan fingerprint density at radius 2 is 1.45 bits per heavy atom. The second kappa shape index (κ2) is 9.92. The molecule has 0 fully saturated rings. The Hall–Kier alpha value is -0.0800. The fourth-order valence-electron chi connectivity index (χ4n) is 1.18. The van der Waals surface area contributed by atoms with Gasteiger partial charge in [-0.3, -0.25) is 11.3 Å². The lowest BCUT2D eigenvalue weighted by molar-refractivity contribution is 0.569. The Labute approximate surface area is 70.5 Å². The van der Waals surface area contributed by atoms with Crippen LogP contribution in [0, 0.1) is 0 Å². The van der Waals surface area contributed by atoms with E-state index in [1.54, 1.807) is 0 Å². The monoisotopic (exact) mass is 158 g/mol. The maximum absolute atomic E-state index is 5.14. The Morgan fingerprint density at radius 3 is 2.00 bits per heavy atom. The summed E-state index contributed by atoms with van der Waals surface area (Å²) in [4.78, 5) is 0. The van der Waals surface area contributed by atoms with Gasteiger partial charge in [-0.25, -0.2) is 0 Å². The summed E-state index contributed by atoms with van der Waals surface area (Å²) in [7, 11) is 0. The molecule has 0 radical (unpaired) electrons. The number of hydrogen-bond donors (Lipinski definition) is 2. The van der Waals surface area contributed by atoms with Crippen molar-refractivity contribution in [3.8, 4) is 0 Å². The molecule has 0 aliphatic carbocycles. The molecule has 0 aromatic carbocycles. The molecule has 0 heterocycles. The highest BCUT2D eigenvalue weighted by molar-refractivity contribution is 4.45. The highest BCUT2D eigenvalue weighted by Crippen LogP contribution is 2.05. The normalized spacial score (nSPS) is 10.4. The lowest BCUT2D eigenvalue weighted by atomic mass is 10.1. The minimum Gasteiger partial charge on any atom is -0.271 e. The Balaban J connectivity index is 2.69. The van der Waals surface area contributed by atoms with Gasteiger partial charge in [0.1, 0.15) is 0 Å². The summed E-state index contributed by atoms with van der Waals surface area (Å²) >= 11 is 0. The van der Waals surface area contributed by atoms with E-state index in [0.29, 0.717) is 0 Å². The second-order valence-electron chi connectivity index (χ2n) is 3.08. The van der Waals surface area contributed by atoms with Crippen LogP contribution in [-0.2, 0) is 0 Å². The van der Waals surface area contributed by atoms with Gasteiger partial charge in [0.15, 0.2) is 0 Å². The van der Waals surface area contributed by atoms with Gasteiger partial charge in [-0.2, -0.15) is 0 Å². The first kappa shape index (κ1) is 10.9. The summed E-state index contributed by atoms with van der Waals surface area (Å²) < 4.78 is 0. The van der Waals surface area contributed by atoms with Gasteiger partial charge in [0.05, 0.1) is 0 Å². The number of unbranched alkanes of at least 4 members (excludes halogenated alkanes) is 6. The van der Waals surface area contributed by atoms with Crippen LogP contribution in [-0.4, -0.2) is 6.54 Å². The van der Waals surface area contributed by atoms with Crippen molar-refractivity contribution in [3.05, 3.63) is 0 Å². The molecule has 0 saturated heterocycles. The van der Waals surface area contributed by atoms with Crippen molar-refractivity contribution in [1.29, 1.82) is 0 Å². The highest BCUT2D eigenvalue weighted by atomic mass is 15.2. The summed E-state index contributed by atoms with van der Waals surface area (Å²) in [5, 5.41) is 0. The first-order valence-corrected chi connectivity index (χ1v) is 4.85. The molecular formula is C9H22N2. The fourth-order valence-corrected chi connectivity index (χ4v) is 1.18. The maximum atomic E-state index is 5.14. The minimum atomic E-state index is 0.966. The van der Waals surface area contributed by atoms with Crippen molar-refractivity contribution in [2.24, 2.45) is 5.84 Å². The van der Waals surface area contributed by atoms with Crippen molar-refractivity contribution < 1.29 is 0 Å². The van der Waals surface area contributed by atoms with Gasteiger partial charge in [0.25, 0.3) is 0 Å². The van der Waals surface area contributed by atoms with Crippen LogP contribution in [0.5, 0.6) is 0 Å². The zero-order valence-corrected chi connectivity index (χ0v) is 7.73. The van der Waals surface area contributed by atoms with Gasteiger partial charge < -0.3 is 0 Å². The summed E-state index contributed by atoms with van der Waals surface area (Å²) in [5.41, 5.74) is 2.67. The average Bonchev–Trinajstić information content (AvgIpc) is 2.03. The molecule has 0 aliphatic heterocycles. The summed E-state index contributed by atoms with van der Waals surface area (Å²) in [6.07, 6.45) is 9.47. The quantitative estimate of drug-likeness (QED) is 0.323. The zero-order chi connectivity index (χ0) is 8.36. The van der Waals surface area contributed by atoms with Crippen molar-refractivity contribution in [2.75, 3.05) is 6.54 Å². The van der Waals surface area contributed by atoms with Crippen molar-refractivity contribution in [1.82, 2.24) is 5.43 Å². The third-order valence-corrected chi connectivity index (χ3v) is 1.92. The smallest absolute Gasteiger partial charge is 0.00974 e. The molecule has 0 atom stereocenters. The number of hydrogen-bond acceptors (Lipinski definition) is 2. The van der Waals surface area contributed by atoms with E-state index < -0.39 is 0 Å². The van der Waals surface area contributed by atoms with Gasteiger partial charge in [0.2, 0.25) is 0 Å². The topological polar surface area (TPSA) is 38.0 Å². The van der Waals surface area contributed by atoms with Crippen LogP contribution in [0.15, 0.2) is 0 Å². The number of nitrogens with one attached hydrogen (secondary N) is 1. The van der Waals surface area contributed by atoms with E-state index in [0.717, 1.165) is 6.54 Å². The molecule has 68 valence electrons. The molecule has 0 saturated carbocycles. The van der Waals surface area contributed by atoms with E-state index in [1.807, 2.05) is 0 Å². The summed E-state index contributed by atoms with van der Waals surface area (Å²) in [6, 6.07) is 0. The number of hydrazine groups is 1. The minimum absolute atomic E-state index is 0.966. The van der Waals surface area contributed by atoms with Gasteiger partial charge in [-0.1, -0.05) is 45.4 Å². The summed E-state index contributed by atoms with van der Waals surface area (Å²) in [6.45, 7) is 3.21. The Bertz CT molecular complexity index is 56.6. The number of rotatable bonds is 8. The molecule has 3 N–H and O–H groups in total. The first-order chi connectivity index (χ1) is 5.41. The van der Waals surface area contributed by atoms with Crippen molar-refractivity contribution >= 4 is 0 Å². The van der Waals surface area contributed by atoms with Crippen LogP contribution in [0.4, 0.5) is 0 Å². The molecule has 2 nitrogen and oxygen atoms in total. The zero-order valence-electron chi connectivity index (χ0n) is 7.73. The van der Waals surface area contributed by atoms with E-state index in [9.17, 15) is 0 Å². The molecular weight excluding hydrogens is 136 g/mol. The predicted molar refractivity (Wildman–Crippen MR) is 50.2 cm³/mol. The van der Waals surface area contributed by atoms with Crippen molar-refractivity contribution in [2.45, 2.75) is 51.9 Å². The molecule has 0 spiro atoms. The van der Waals surface area contributed by atoms with E-state index >= 15 is 0 Å². The summed E-state index contributed by atoms with van der Waals surface area (Å²) in [5.74, 6) is 5.14. The molecule has 0 amide bonds. The lowest BCUT2D eigenvalue weighted by Gasteiger charge is -1.99. The predicted octanol–water partition coefficient (Wildman–Crippen LogP) is 2.20. The standard InChI is InChI=1S/C9H22N2/c1-2-3-4-5-6-7-8-9-11-10/h11H,2-10H2,1H3. The first-order valence-electron chi connectivity index (χ1n) is 4.85. The van der Waals surface area contributed by atoms with Gasteiger partial charge in [-0.15, -0.1) is 0 Å². The molecule has 0 aliphatic rings. The molecule has 0 aromatic rings. The van der Waals surface area contributed by atoms with E-state index in [4.69, 9.17) is 5.84 Å². The van der Waals surface area contributed by atoms with Crippen LogP contribution in [0.25, 0.3) is 0 Å². The third kappa shape index (κ3) is 9.92. The molecule has 2 heteroatoms. The molecule has 0 rings (SSSR count). The van der Waals surface area contributed by atoms with Crippen LogP contribution in [0.3, 0.4) is 0 Å². The molecule has 0 unspecified atom stereocenters. The van der Waals surface area contributed by atoms with Crippen LogP contribution in [0.2, 0.25) is 0 Å².